The molecule has 0 spiro atoms. The van der Waals surface area contributed by atoms with Crippen LogP contribution < -0.4 is 16.8 Å². The molecule has 106 valence electrons. The summed E-state index contributed by atoms with van der Waals surface area (Å²) >= 11 is 0. The second-order valence-electron chi connectivity index (χ2n) is 4.41. The number of nitrogen functional groups attached to an aromatic ring is 1. The van der Waals surface area contributed by atoms with Gasteiger partial charge in [0.1, 0.15) is 5.82 Å². The van der Waals surface area contributed by atoms with E-state index in [2.05, 4.69) is 10.4 Å². The van der Waals surface area contributed by atoms with E-state index in [0.717, 1.165) is 11.8 Å². The number of nitrogens with two attached hydrogens (primary N) is 2. The van der Waals surface area contributed by atoms with Crippen LogP contribution in [0.15, 0.2) is 24.4 Å². The Hall–Kier alpha value is -2.57. The standard InChI is InChI=1S/C13H16FN5O/c1-19-8(3-5-18-19)2-4-17-12-6-9(13(16)20)11(15)7-10(12)14/h3,5-7,17H,2,4,15H2,1H3,(H2,16,20). The van der Waals surface area contributed by atoms with Gasteiger partial charge in [0, 0.05) is 37.6 Å². The SMILES string of the molecule is Cn1nccc1CCNc1cc(C(N)=O)c(N)cc1F. The molecule has 1 aromatic heterocycles. The Kier molecular flexibility index (Phi) is 3.88. The molecule has 1 amide bonds. The van der Waals surface area contributed by atoms with Gasteiger partial charge >= 0.3 is 0 Å². The second-order valence-corrected chi connectivity index (χ2v) is 4.41. The highest BCUT2D eigenvalue weighted by atomic mass is 19.1. The maximum atomic E-state index is 13.7. The molecule has 0 fully saturated rings. The molecule has 1 aromatic carbocycles. The summed E-state index contributed by atoms with van der Waals surface area (Å²) < 4.78 is 15.5. The first-order valence-electron chi connectivity index (χ1n) is 6.08. The number of aromatic nitrogens is 2. The molecular formula is C13H16FN5O. The van der Waals surface area contributed by atoms with E-state index in [9.17, 15) is 9.18 Å². The lowest BCUT2D eigenvalue weighted by molar-refractivity contribution is 0.100. The maximum absolute atomic E-state index is 13.7. The van der Waals surface area contributed by atoms with Crippen molar-refractivity contribution in [2.75, 3.05) is 17.6 Å². The molecule has 0 saturated carbocycles. The summed E-state index contributed by atoms with van der Waals surface area (Å²) in [6.45, 7) is 0.499. The number of hydrogen-bond acceptors (Lipinski definition) is 4. The maximum Gasteiger partial charge on any atom is 0.250 e. The van der Waals surface area contributed by atoms with Crippen LogP contribution in [0.1, 0.15) is 16.1 Å². The molecule has 7 heteroatoms. The van der Waals surface area contributed by atoms with Crippen LogP contribution in [0.2, 0.25) is 0 Å². The van der Waals surface area contributed by atoms with Crippen LogP contribution in [0.3, 0.4) is 0 Å². The molecule has 0 aliphatic heterocycles. The summed E-state index contributed by atoms with van der Waals surface area (Å²) in [5.41, 5.74) is 12.1. The number of nitrogens with one attached hydrogen (secondary N) is 1. The van der Waals surface area contributed by atoms with Gasteiger partial charge in [0.25, 0.3) is 5.91 Å². The van der Waals surface area contributed by atoms with E-state index >= 15 is 0 Å². The van der Waals surface area contributed by atoms with Crippen LogP contribution in [0.4, 0.5) is 15.8 Å². The highest BCUT2D eigenvalue weighted by Crippen LogP contribution is 2.21. The van der Waals surface area contributed by atoms with Crippen LogP contribution in [-0.4, -0.2) is 22.2 Å². The Labute approximate surface area is 115 Å². The van der Waals surface area contributed by atoms with Gasteiger partial charge < -0.3 is 16.8 Å². The van der Waals surface area contributed by atoms with Crippen molar-refractivity contribution in [1.82, 2.24) is 9.78 Å². The van der Waals surface area contributed by atoms with Gasteiger partial charge in [-0.25, -0.2) is 4.39 Å². The Balaban J connectivity index is 2.08. The van der Waals surface area contributed by atoms with Crippen LogP contribution >= 0.6 is 0 Å². The van der Waals surface area contributed by atoms with Crippen molar-refractivity contribution >= 4 is 17.3 Å². The van der Waals surface area contributed by atoms with E-state index in [1.54, 1.807) is 10.9 Å². The van der Waals surface area contributed by atoms with Gasteiger partial charge in [-0.3, -0.25) is 9.48 Å². The van der Waals surface area contributed by atoms with E-state index < -0.39 is 11.7 Å². The third-order valence-corrected chi connectivity index (χ3v) is 3.02. The van der Waals surface area contributed by atoms with Crippen LogP contribution in [0.5, 0.6) is 0 Å². The van der Waals surface area contributed by atoms with Crippen molar-refractivity contribution in [2.45, 2.75) is 6.42 Å². The number of primary amides is 1. The lowest BCUT2D eigenvalue weighted by Crippen LogP contribution is -2.15. The highest BCUT2D eigenvalue weighted by Gasteiger charge is 2.11. The molecule has 0 saturated heterocycles. The van der Waals surface area contributed by atoms with Gasteiger partial charge in [0.2, 0.25) is 0 Å². The first-order chi connectivity index (χ1) is 9.49. The molecule has 0 atom stereocenters. The number of carbonyl (C=O) groups is 1. The van der Waals surface area contributed by atoms with Gasteiger partial charge in [0.15, 0.2) is 0 Å². The zero-order valence-electron chi connectivity index (χ0n) is 11.1. The Bertz CT molecular complexity index is 638. The summed E-state index contributed by atoms with van der Waals surface area (Å²) in [6, 6.07) is 4.30. The van der Waals surface area contributed by atoms with E-state index in [-0.39, 0.29) is 16.9 Å². The van der Waals surface area contributed by atoms with Crippen molar-refractivity contribution < 1.29 is 9.18 Å². The van der Waals surface area contributed by atoms with Crippen molar-refractivity contribution in [3.8, 4) is 0 Å². The highest BCUT2D eigenvalue weighted by molar-refractivity contribution is 5.99. The fraction of sp³-hybridized carbons (Fsp3) is 0.231. The molecule has 6 nitrogen and oxygen atoms in total. The lowest BCUT2D eigenvalue weighted by atomic mass is 10.1. The minimum atomic E-state index is -0.683. The van der Waals surface area contributed by atoms with Crippen LogP contribution in [0, 0.1) is 5.82 Å². The fourth-order valence-electron chi connectivity index (χ4n) is 1.91. The monoisotopic (exact) mass is 277 g/mol. The molecule has 2 rings (SSSR count). The van der Waals surface area contributed by atoms with Gasteiger partial charge in [0.05, 0.1) is 11.3 Å². The predicted molar refractivity (Wildman–Crippen MR) is 74.7 cm³/mol. The zero-order chi connectivity index (χ0) is 14.7. The van der Waals surface area contributed by atoms with Gasteiger partial charge in [-0.15, -0.1) is 0 Å². The third kappa shape index (κ3) is 2.87. The first-order valence-corrected chi connectivity index (χ1v) is 6.08. The van der Waals surface area contributed by atoms with E-state index in [4.69, 9.17) is 11.5 Å². The molecule has 2 aromatic rings. The Morgan fingerprint density at radius 1 is 1.50 bits per heavy atom. The minimum absolute atomic E-state index is 0.0344. The number of benzene rings is 1. The number of carbonyl (C=O) groups excluding carboxylic acids is 1. The summed E-state index contributed by atoms with van der Waals surface area (Å²) in [6.07, 6.45) is 2.37. The topological polar surface area (TPSA) is 99.0 Å². The number of rotatable bonds is 5. The van der Waals surface area contributed by atoms with Crippen LogP contribution in [0.25, 0.3) is 0 Å². The molecule has 0 unspecified atom stereocenters. The summed E-state index contributed by atoms with van der Waals surface area (Å²) in [5, 5.41) is 6.97. The summed E-state index contributed by atoms with van der Waals surface area (Å²) in [4.78, 5) is 11.2. The number of hydrogen-bond donors (Lipinski definition) is 3. The fourth-order valence-corrected chi connectivity index (χ4v) is 1.91. The lowest BCUT2D eigenvalue weighted by Gasteiger charge is -2.10. The molecular weight excluding hydrogens is 261 g/mol. The van der Waals surface area contributed by atoms with Crippen molar-refractivity contribution in [3.05, 3.63) is 41.5 Å². The second kappa shape index (κ2) is 5.60. The number of nitrogens with zero attached hydrogens (tertiary/aromatic N) is 2. The van der Waals surface area contributed by atoms with E-state index in [1.165, 1.54) is 6.07 Å². The minimum Gasteiger partial charge on any atom is -0.398 e. The number of aryl methyl sites for hydroxylation is 1. The predicted octanol–water partition coefficient (Wildman–Crippen LogP) is 0.895. The molecule has 5 N–H and O–H groups in total. The number of halogens is 1. The van der Waals surface area contributed by atoms with Crippen molar-refractivity contribution in [3.63, 3.8) is 0 Å². The van der Waals surface area contributed by atoms with Crippen LogP contribution in [-0.2, 0) is 13.5 Å². The molecule has 0 radical (unpaired) electrons. The van der Waals surface area contributed by atoms with Gasteiger partial charge in [-0.2, -0.15) is 5.10 Å². The normalized spacial score (nSPS) is 10.5. The molecule has 0 bridgehead atoms. The van der Waals surface area contributed by atoms with Gasteiger partial charge in [-0.1, -0.05) is 0 Å². The van der Waals surface area contributed by atoms with E-state index in [1.807, 2.05) is 13.1 Å². The molecule has 0 aliphatic carbocycles. The largest absolute Gasteiger partial charge is 0.398 e. The average molecular weight is 277 g/mol. The number of anilines is 2. The third-order valence-electron chi connectivity index (χ3n) is 3.02. The quantitative estimate of drug-likeness (QED) is 0.707. The molecule has 0 aliphatic rings. The smallest absolute Gasteiger partial charge is 0.250 e. The van der Waals surface area contributed by atoms with E-state index in [0.29, 0.717) is 13.0 Å². The first kappa shape index (κ1) is 13.9. The number of amides is 1. The van der Waals surface area contributed by atoms with Crippen molar-refractivity contribution in [2.24, 2.45) is 12.8 Å². The molecule has 20 heavy (non-hydrogen) atoms. The Morgan fingerprint density at radius 2 is 2.25 bits per heavy atom. The van der Waals surface area contributed by atoms with Gasteiger partial charge in [-0.05, 0) is 18.2 Å². The van der Waals surface area contributed by atoms with Crippen molar-refractivity contribution in [1.29, 1.82) is 0 Å². The zero-order valence-corrected chi connectivity index (χ0v) is 11.1. The average Bonchev–Trinajstić information content (AvgIpc) is 2.77. The summed E-state index contributed by atoms with van der Waals surface area (Å²) in [5.74, 6) is -1.20. The molecule has 1 heterocycles. The Morgan fingerprint density at radius 3 is 2.85 bits per heavy atom. The summed E-state index contributed by atoms with van der Waals surface area (Å²) in [7, 11) is 1.84.